The van der Waals surface area contributed by atoms with E-state index in [1.807, 2.05) is 6.92 Å². The molecule has 2 N–H and O–H groups in total. The largest absolute Gasteiger partial charge is 0.376 e. The van der Waals surface area contributed by atoms with Crippen molar-refractivity contribution in [1.29, 1.82) is 0 Å². The number of ether oxygens (including phenoxy) is 1. The first-order valence-electron chi connectivity index (χ1n) is 7.85. The molecule has 23 heavy (non-hydrogen) atoms. The Morgan fingerprint density at radius 2 is 2.17 bits per heavy atom. The Balaban J connectivity index is 1.45. The summed E-state index contributed by atoms with van der Waals surface area (Å²) in [6.45, 7) is 4.40. The van der Waals surface area contributed by atoms with E-state index in [0.29, 0.717) is 17.8 Å². The lowest BCUT2D eigenvalue weighted by atomic mass is 10.1. The summed E-state index contributed by atoms with van der Waals surface area (Å²) in [5, 5.41) is 10.3. The zero-order valence-electron chi connectivity index (χ0n) is 13.2. The molecule has 2 aromatic rings. The molecule has 3 rings (SSSR count). The second-order valence-corrected chi connectivity index (χ2v) is 7.12. The molecule has 1 aliphatic rings. The molecule has 0 saturated carbocycles. The minimum absolute atomic E-state index is 0.301. The monoisotopic (exact) mass is 347 g/mol. The number of thiazole rings is 1. The summed E-state index contributed by atoms with van der Waals surface area (Å²) in [6, 6.07) is 8.43. The van der Waals surface area contributed by atoms with Crippen molar-refractivity contribution < 1.29 is 4.74 Å². The minimum atomic E-state index is 0.301. The third kappa shape index (κ3) is 4.73. The molecule has 122 valence electrons. The normalized spacial score (nSPS) is 17.2. The Morgan fingerprint density at radius 1 is 1.35 bits per heavy atom. The van der Waals surface area contributed by atoms with Crippen LogP contribution in [0, 0.1) is 6.92 Å². The highest BCUT2D eigenvalue weighted by molar-refractivity contribution is 7.80. The summed E-state index contributed by atoms with van der Waals surface area (Å²) in [6.07, 6.45) is 2.57. The van der Waals surface area contributed by atoms with Gasteiger partial charge in [-0.2, -0.15) is 0 Å². The van der Waals surface area contributed by atoms with Crippen LogP contribution < -0.4 is 10.6 Å². The molecule has 0 amide bonds. The lowest BCUT2D eigenvalue weighted by Crippen LogP contribution is -2.39. The van der Waals surface area contributed by atoms with Gasteiger partial charge in [0.25, 0.3) is 0 Å². The second-order valence-electron chi connectivity index (χ2n) is 5.65. The lowest BCUT2D eigenvalue weighted by molar-refractivity contribution is 0.114. The van der Waals surface area contributed by atoms with E-state index in [9.17, 15) is 0 Å². The van der Waals surface area contributed by atoms with Crippen molar-refractivity contribution in [3.63, 3.8) is 0 Å². The van der Waals surface area contributed by atoms with E-state index in [1.165, 1.54) is 5.56 Å². The van der Waals surface area contributed by atoms with Crippen LogP contribution in [0.5, 0.6) is 0 Å². The highest BCUT2D eigenvalue weighted by Crippen LogP contribution is 2.21. The molecular formula is C17H21N3OS2. The molecule has 1 aromatic carbocycles. The first-order valence-corrected chi connectivity index (χ1v) is 9.14. The molecule has 1 saturated heterocycles. The fourth-order valence-electron chi connectivity index (χ4n) is 2.55. The molecule has 0 spiro atoms. The van der Waals surface area contributed by atoms with Gasteiger partial charge in [0.05, 0.1) is 16.8 Å². The summed E-state index contributed by atoms with van der Waals surface area (Å²) in [5.74, 6) is 0. The number of aryl methyl sites for hydroxylation is 1. The molecule has 0 radical (unpaired) electrons. The van der Waals surface area contributed by atoms with E-state index in [2.05, 4.69) is 45.3 Å². The number of nitrogens with one attached hydrogen (secondary N) is 2. The fourth-order valence-corrected chi connectivity index (χ4v) is 3.32. The number of hydrogen-bond acceptors (Lipinski definition) is 4. The fraction of sp³-hybridized carbons (Fsp3) is 0.412. The molecular weight excluding hydrogens is 326 g/mol. The third-order valence-corrected chi connectivity index (χ3v) is 4.90. The smallest absolute Gasteiger partial charge is 0.166 e. The maximum Gasteiger partial charge on any atom is 0.166 e. The Hall–Kier alpha value is -1.50. The second kappa shape index (κ2) is 7.86. The maximum absolute atomic E-state index is 5.57. The van der Waals surface area contributed by atoms with E-state index in [4.69, 9.17) is 17.0 Å². The summed E-state index contributed by atoms with van der Waals surface area (Å²) < 4.78 is 5.57. The Bertz CT molecular complexity index is 648. The number of nitrogens with zero attached hydrogens (tertiary/aromatic N) is 1. The number of benzene rings is 1. The molecule has 0 unspecified atom stereocenters. The van der Waals surface area contributed by atoms with Gasteiger partial charge in [-0.25, -0.2) is 4.98 Å². The Labute approximate surface area is 146 Å². The van der Waals surface area contributed by atoms with Gasteiger partial charge in [-0.1, -0.05) is 24.3 Å². The van der Waals surface area contributed by atoms with Gasteiger partial charge in [-0.15, -0.1) is 11.3 Å². The molecule has 2 heterocycles. The van der Waals surface area contributed by atoms with Crippen molar-refractivity contribution in [3.05, 3.63) is 40.2 Å². The maximum atomic E-state index is 5.57. The Kier molecular flexibility index (Phi) is 5.59. The molecule has 1 aromatic heterocycles. The predicted molar refractivity (Wildman–Crippen MR) is 98.7 cm³/mol. The van der Waals surface area contributed by atoms with Gasteiger partial charge in [0.15, 0.2) is 5.11 Å². The van der Waals surface area contributed by atoms with Gasteiger partial charge in [-0.05, 0) is 37.5 Å². The van der Waals surface area contributed by atoms with Gasteiger partial charge in [0, 0.05) is 30.6 Å². The highest BCUT2D eigenvalue weighted by Gasteiger charge is 2.15. The molecule has 0 bridgehead atoms. The topological polar surface area (TPSA) is 46.2 Å². The van der Waals surface area contributed by atoms with Crippen LogP contribution in [0.1, 0.15) is 23.4 Å². The highest BCUT2D eigenvalue weighted by atomic mass is 32.1. The van der Waals surface area contributed by atoms with Crippen molar-refractivity contribution in [3.8, 4) is 11.3 Å². The van der Waals surface area contributed by atoms with E-state index in [0.717, 1.165) is 42.3 Å². The molecule has 1 aliphatic heterocycles. The van der Waals surface area contributed by atoms with Gasteiger partial charge in [-0.3, -0.25) is 0 Å². The standard InChI is InChI=1S/C17H21N3OS2/c1-12-20-16(11-23-12)14-6-4-13(5-7-14)9-18-17(22)19-10-15-3-2-8-21-15/h4-7,11,15H,2-3,8-10H2,1H3,(H2,18,19,22)/t15-/m0/s1. The van der Waals surface area contributed by atoms with Gasteiger partial charge in [0.1, 0.15) is 0 Å². The van der Waals surface area contributed by atoms with Crippen molar-refractivity contribution in [2.24, 2.45) is 0 Å². The number of rotatable bonds is 5. The van der Waals surface area contributed by atoms with Gasteiger partial charge < -0.3 is 15.4 Å². The average molecular weight is 348 g/mol. The van der Waals surface area contributed by atoms with Gasteiger partial charge >= 0.3 is 0 Å². The van der Waals surface area contributed by atoms with Crippen LogP contribution in [-0.4, -0.2) is 29.4 Å². The zero-order valence-corrected chi connectivity index (χ0v) is 14.8. The first-order chi connectivity index (χ1) is 11.2. The Morgan fingerprint density at radius 3 is 2.83 bits per heavy atom. The number of thiocarbonyl (C=S) groups is 1. The van der Waals surface area contributed by atoms with Crippen LogP contribution in [-0.2, 0) is 11.3 Å². The SMILES string of the molecule is Cc1nc(-c2ccc(CNC(=S)NC[C@@H]3CCCO3)cc2)cs1. The van der Waals surface area contributed by atoms with E-state index in [-0.39, 0.29) is 0 Å². The summed E-state index contributed by atoms with van der Waals surface area (Å²) in [5.41, 5.74) is 3.39. The zero-order chi connectivity index (χ0) is 16.1. The van der Waals surface area contributed by atoms with Crippen molar-refractivity contribution in [2.75, 3.05) is 13.2 Å². The van der Waals surface area contributed by atoms with Gasteiger partial charge in [0.2, 0.25) is 0 Å². The number of hydrogen-bond donors (Lipinski definition) is 2. The van der Waals surface area contributed by atoms with Crippen LogP contribution in [0.3, 0.4) is 0 Å². The van der Waals surface area contributed by atoms with Crippen LogP contribution >= 0.6 is 23.6 Å². The molecule has 1 atom stereocenters. The van der Waals surface area contributed by atoms with E-state index >= 15 is 0 Å². The molecule has 1 fully saturated rings. The van der Waals surface area contributed by atoms with Crippen molar-refractivity contribution in [1.82, 2.24) is 15.6 Å². The van der Waals surface area contributed by atoms with Crippen molar-refractivity contribution >= 4 is 28.7 Å². The summed E-state index contributed by atoms with van der Waals surface area (Å²) >= 11 is 6.98. The predicted octanol–water partition coefficient (Wildman–Crippen LogP) is 3.26. The summed E-state index contributed by atoms with van der Waals surface area (Å²) in [4.78, 5) is 4.51. The average Bonchev–Trinajstić information content (AvgIpc) is 3.23. The van der Waals surface area contributed by atoms with Crippen molar-refractivity contribution in [2.45, 2.75) is 32.4 Å². The minimum Gasteiger partial charge on any atom is -0.376 e. The molecule has 0 aliphatic carbocycles. The quantitative estimate of drug-likeness (QED) is 0.813. The van der Waals surface area contributed by atoms with E-state index < -0.39 is 0 Å². The third-order valence-electron chi connectivity index (χ3n) is 3.84. The van der Waals surface area contributed by atoms with E-state index in [1.54, 1.807) is 11.3 Å². The van der Waals surface area contributed by atoms with Crippen LogP contribution in [0.4, 0.5) is 0 Å². The van der Waals surface area contributed by atoms with Crippen LogP contribution in [0.25, 0.3) is 11.3 Å². The van der Waals surface area contributed by atoms with Crippen LogP contribution in [0.15, 0.2) is 29.6 Å². The lowest BCUT2D eigenvalue weighted by Gasteiger charge is -2.14. The molecule has 4 nitrogen and oxygen atoms in total. The molecule has 6 heteroatoms. The van der Waals surface area contributed by atoms with Crippen LogP contribution in [0.2, 0.25) is 0 Å². The number of aromatic nitrogens is 1. The first kappa shape index (κ1) is 16.4. The summed E-state index contributed by atoms with van der Waals surface area (Å²) in [7, 11) is 0.